The van der Waals surface area contributed by atoms with Crippen molar-refractivity contribution >= 4 is 0 Å². The highest BCUT2D eigenvalue weighted by Gasteiger charge is 2.29. The van der Waals surface area contributed by atoms with Gasteiger partial charge in [0.2, 0.25) is 0 Å². The maximum atomic E-state index is 4.48. The van der Waals surface area contributed by atoms with Crippen molar-refractivity contribution in [2.24, 2.45) is 18.9 Å². The minimum atomic E-state index is 0.697. The van der Waals surface area contributed by atoms with E-state index in [9.17, 15) is 0 Å². The van der Waals surface area contributed by atoms with Gasteiger partial charge >= 0.3 is 0 Å². The van der Waals surface area contributed by atoms with Crippen LogP contribution in [0.25, 0.3) is 0 Å². The molecule has 0 radical (unpaired) electrons. The number of rotatable bonds is 5. The molecule has 1 aliphatic rings. The van der Waals surface area contributed by atoms with Crippen LogP contribution in [-0.4, -0.2) is 22.4 Å². The number of nitrogens with zero attached hydrogens (tertiary/aromatic N) is 2. The summed E-state index contributed by atoms with van der Waals surface area (Å²) in [5.74, 6) is 1.70. The normalized spacial score (nSPS) is 27.7. The van der Waals surface area contributed by atoms with Crippen molar-refractivity contribution in [3.05, 3.63) is 17.5 Å². The standard InChI is InChI=1S/C16H29N3/c1-5-13-7-8-16(17-6-2)14(10-13)11-15-9-12(3)18-19(15)4/h9,13-14,16-17H,5-8,10-11H2,1-4H3. The fraction of sp³-hybridized carbons (Fsp3) is 0.812. The summed E-state index contributed by atoms with van der Waals surface area (Å²) in [5.41, 5.74) is 2.53. The molecule has 1 heterocycles. The zero-order valence-electron chi connectivity index (χ0n) is 12.9. The van der Waals surface area contributed by atoms with E-state index in [0.717, 1.165) is 24.1 Å². The van der Waals surface area contributed by atoms with E-state index in [0.29, 0.717) is 6.04 Å². The second-order valence-corrected chi connectivity index (χ2v) is 6.12. The molecule has 108 valence electrons. The van der Waals surface area contributed by atoms with Crippen molar-refractivity contribution in [1.29, 1.82) is 0 Å². The highest BCUT2D eigenvalue weighted by atomic mass is 15.3. The van der Waals surface area contributed by atoms with Gasteiger partial charge in [0.1, 0.15) is 0 Å². The summed E-state index contributed by atoms with van der Waals surface area (Å²) in [5, 5.41) is 8.18. The van der Waals surface area contributed by atoms with Gasteiger partial charge in [0.15, 0.2) is 0 Å². The molecule has 0 aromatic carbocycles. The molecule has 1 N–H and O–H groups in total. The Labute approximate surface area is 117 Å². The molecule has 1 aromatic rings. The van der Waals surface area contributed by atoms with Crippen molar-refractivity contribution < 1.29 is 0 Å². The Bertz CT molecular complexity index is 397. The van der Waals surface area contributed by atoms with Gasteiger partial charge in [0.25, 0.3) is 0 Å². The Morgan fingerprint density at radius 1 is 1.37 bits per heavy atom. The van der Waals surface area contributed by atoms with Gasteiger partial charge in [-0.15, -0.1) is 0 Å². The van der Waals surface area contributed by atoms with Crippen LogP contribution >= 0.6 is 0 Å². The minimum Gasteiger partial charge on any atom is -0.314 e. The molecule has 1 aliphatic carbocycles. The summed E-state index contributed by atoms with van der Waals surface area (Å²) >= 11 is 0. The van der Waals surface area contributed by atoms with Gasteiger partial charge in [-0.3, -0.25) is 4.68 Å². The molecule has 1 fully saturated rings. The molecule has 0 spiro atoms. The topological polar surface area (TPSA) is 29.9 Å². The van der Waals surface area contributed by atoms with Crippen LogP contribution in [0.15, 0.2) is 6.07 Å². The van der Waals surface area contributed by atoms with E-state index in [1.54, 1.807) is 0 Å². The molecule has 3 atom stereocenters. The third kappa shape index (κ3) is 3.59. The first-order chi connectivity index (χ1) is 9.13. The molecule has 3 nitrogen and oxygen atoms in total. The lowest BCUT2D eigenvalue weighted by atomic mass is 9.75. The van der Waals surface area contributed by atoms with E-state index in [1.807, 2.05) is 0 Å². The minimum absolute atomic E-state index is 0.697. The summed E-state index contributed by atoms with van der Waals surface area (Å²) in [7, 11) is 2.07. The molecule has 0 saturated heterocycles. The fourth-order valence-electron chi connectivity index (χ4n) is 3.61. The van der Waals surface area contributed by atoms with Crippen LogP contribution in [0.1, 0.15) is 50.9 Å². The van der Waals surface area contributed by atoms with Crippen molar-refractivity contribution in [3.8, 4) is 0 Å². The maximum Gasteiger partial charge on any atom is 0.0596 e. The quantitative estimate of drug-likeness (QED) is 0.885. The Hall–Kier alpha value is -0.830. The molecule has 3 heteroatoms. The highest BCUT2D eigenvalue weighted by Crippen LogP contribution is 2.33. The molecule has 2 rings (SSSR count). The summed E-state index contributed by atoms with van der Waals surface area (Å²) in [6.07, 6.45) is 6.62. The zero-order chi connectivity index (χ0) is 13.8. The van der Waals surface area contributed by atoms with Crippen LogP contribution in [0, 0.1) is 18.8 Å². The summed E-state index contributed by atoms with van der Waals surface area (Å²) in [6.45, 7) is 7.73. The number of hydrogen-bond acceptors (Lipinski definition) is 2. The van der Waals surface area contributed by atoms with Crippen LogP contribution in [-0.2, 0) is 13.5 Å². The molecule has 0 aliphatic heterocycles. The molecule has 19 heavy (non-hydrogen) atoms. The third-order valence-corrected chi connectivity index (χ3v) is 4.70. The Kier molecular flexibility index (Phi) is 5.03. The first-order valence-electron chi connectivity index (χ1n) is 7.86. The SMILES string of the molecule is CCNC1CCC(CC)CC1Cc1cc(C)nn1C. The van der Waals surface area contributed by atoms with E-state index < -0.39 is 0 Å². The van der Waals surface area contributed by atoms with Gasteiger partial charge < -0.3 is 5.32 Å². The van der Waals surface area contributed by atoms with E-state index in [1.165, 1.54) is 37.8 Å². The van der Waals surface area contributed by atoms with Gasteiger partial charge in [-0.05, 0) is 57.1 Å². The monoisotopic (exact) mass is 263 g/mol. The fourth-order valence-corrected chi connectivity index (χ4v) is 3.61. The number of aryl methyl sites for hydroxylation is 2. The molecule has 0 amide bonds. The smallest absolute Gasteiger partial charge is 0.0596 e. The van der Waals surface area contributed by atoms with Crippen LogP contribution in [0.4, 0.5) is 0 Å². The van der Waals surface area contributed by atoms with Gasteiger partial charge in [-0.1, -0.05) is 20.3 Å². The van der Waals surface area contributed by atoms with Crippen molar-refractivity contribution in [1.82, 2.24) is 15.1 Å². The number of nitrogens with one attached hydrogen (secondary N) is 1. The van der Waals surface area contributed by atoms with Gasteiger partial charge in [-0.25, -0.2) is 0 Å². The zero-order valence-corrected chi connectivity index (χ0v) is 12.9. The summed E-state index contributed by atoms with van der Waals surface area (Å²) in [4.78, 5) is 0. The Balaban J connectivity index is 2.06. The van der Waals surface area contributed by atoms with Gasteiger partial charge in [0.05, 0.1) is 5.69 Å². The van der Waals surface area contributed by atoms with E-state index >= 15 is 0 Å². The van der Waals surface area contributed by atoms with Crippen LogP contribution in [0.2, 0.25) is 0 Å². The van der Waals surface area contributed by atoms with Crippen LogP contribution in [0.5, 0.6) is 0 Å². The average molecular weight is 263 g/mol. The second-order valence-electron chi connectivity index (χ2n) is 6.12. The van der Waals surface area contributed by atoms with Crippen molar-refractivity contribution in [2.75, 3.05) is 6.54 Å². The highest BCUT2D eigenvalue weighted by molar-refractivity contribution is 5.10. The first-order valence-corrected chi connectivity index (χ1v) is 7.86. The predicted octanol–water partition coefficient (Wildman–Crippen LogP) is 3.08. The molecule has 1 aromatic heterocycles. The lowest BCUT2D eigenvalue weighted by Crippen LogP contribution is -2.41. The lowest BCUT2D eigenvalue weighted by molar-refractivity contribution is 0.198. The second kappa shape index (κ2) is 6.56. The van der Waals surface area contributed by atoms with E-state index in [4.69, 9.17) is 0 Å². The Morgan fingerprint density at radius 2 is 2.16 bits per heavy atom. The van der Waals surface area contributed by atoms with Crippen molar-refractivity contribution in [3.63, 3.8) is 0 Å². The van der Waals surface area contributed by atoms with Gasteiger partial charge in [0, 0.05) is 18.8 Å². The maximum absolute atomic E-state index is 4.48. The molecular formula is C16H29N3. The number of hydrogen-bond donors (Lipinski definition) is 1. The molecule has 0 bridgehead atoms. The molecule has 1 saturated carbocycles. The molecule has 3 unspecified atom stereocenters. The third-order valence-electron chi connectivity index (χ3n) is 4.70. The van der Waals surface area contributed by atoms with Crippen molar-refractivity contribution in [2.45, 2.75) is 58.9 Å². The number of aromatic nitrogens is 2. The van der Waals surface area contributed by atoms with E-state index in [2.05, 4.69) is 49.0 Å². The van der Waals surface area contributed by atoms with Crippen LogP contribution in [0.3, 0.4) is 0 Å². The lowest BCUT2D eigenvalue weighted by Gasteiger charge is -2.36. The Morgan fingerprint density at radius 3 is 2.74 bits per heavy atom. The summed E-state index contributed by atoms with van der Waals surface area (Å²) in [6, 6.07) is 2.95. The predicted molar refractivity (Wildman–Crippen MR) is 80.2 cm³/mol. The first kappa shape index (κ1) is 14.6. The summed E-state index contributed by atoms with van der Waals surface area (Å²) < 4.78 is 2.06. The average Bonchev–Trinajstić information content (AvgIpc) is 2.70. The van der Waals surface area contributed by atoms with E-state index in [-0.39, 0.29) is 0 Å². The van der Waals surface area contributed by atoms with Gasteiger partial charge in [-0.2, -0.15) is 5.10 Å². The molecular weight excluding hydrogens is 234 g/mol. The largest absolute Gasteiger partial charge is 0.314 e. The van der Waals surface area contributed by atoms with Crippen LogP contribution < -0.4 is 5.32 Å².